The average Bonchev–Trinajstić information content (AvgIpc) is 2.53. The second-order valence-electron chi connectivity index (χ2n) is 4.85. The van der Waals surface area contributed by atoms with Gasteiger partial charge in [-0.1, -0.05) is 48.5 Å². The third-order valence-electron chi connectivity index (χ3n) is 3.16. The molecule has 0 aliphatic carbocycles. The quantitative estimate of drug-likeness (QED) is 0.856. The Labute approximate surface area is 125 Å². The van der Waals surface area contributed by atoms with Crippen molar-refractivity contribution in [2.75, 3.05) is 18.4 Å². The van der Waals surface area contributed by atoms with E-state index >= 15 is 0 Å². The first kappa shape index (κ1) is 15.1. The fraction of sp³-hybridized carbons (Fsp3) is 0.235. The zero-order valence-corrected chi connectivity index (χ0v) is 12.0. The van der Waals surface area contributed by atoms with Gasteiger partial charge in [0.05, 0.1) is 0 Å². The van der Waals surface area contributed by atoms with E-state index in [1.165, 1.54) is 0 Å². The van der Waals surface area contributed by atoms with Crippen molar-refractivity contribution in [1.82, 2.24) is 4.90 Å². The number of anilines is 1. The van der Waals surface area contributed by atoms with Gasteiger partial charge in [0, 0.05) is 18.8 Å². The number of carbonyl (C=O) groups excluding carboxylic acids is 1. The molecule has 21 heavy (non-hydrogen) atoms. The number of carbonyl (C=O) groups is 1. The molecule has 0 atom stereocenters. The first-order valence-corrected chi connectivity index (χ1v) is 7.14. The summed E-state index contributed by atoms with van der Waals surface area (Å²) in [6.45, 7) is 1.80. The number of nitrogens with one attached hydrogen (secondary N) is 1. The van der Waals surface area contributed by atoms with Crippen LogP contribution in [0.25, 0.3) is 0 Å². The lowest BCUT2D eigenvalue weighted by atomic mass is 10.2. The van der Waals surface area contributed by atoms with Gasteiger partial charge in [0.25, 0.3) is 0 Å². The van der Waals surface area contributed by atoms with E-state index < -0.39 is 0 Å². The monoisotopic (exact) mass is 283 g/mol. The fourth-order valence-electron chi connectivity index (χ4n) is 2.06. The first-order valence-electron chi connectivity index (χ1n) is 7.14. The summed E-state index contributed by atoms with van der Waals surface area (Å²) in [7, 11) is 0. The second-order valence-corrected chi connectivity index (χ2v) is 4.85. The Hall–Kier alpha value is -2.33. The zero-order chi connectivity index (χ0) is 14.9. The summed E-state index contributed by atoms with van der Waals surface area (Å²) < 4.78 is 0. The number of nitrogens with two attached hydrogens (primary N) is 1. The van der Waals surface area contributed by atoms with Crippen molar-refractivity contribution in [3.05, 3.63) is 66.2 Å². The van der Waals surface area contributed by atoms with Gasteiger partial charge in [-0.05, 0) is 30.7 Å². The molecule has 0 aliphatic heterocycles. The van der Waals surface area contributed by atoms with Crippen LogP contribution in [0.4, 0.5) is 10.5 Å². The molecule has 0 saturated heterocycles. The van der Waals surface area contributed by atoms with Crippen molar-refractivity contribution in [2.24, 2.45) is 5.73 Å². The van der Waals surface area contributed by atoms with Gasteiger partial charge in [-0.15, -0.1) is 0 Å². The van der Waals surface area contributed by atoms with Gasteiger partial charge in [0.1, 0.15) is 0 Å². The molecule has 4 nitrogen and oxygen atoms in total. The molecule has 0 saturated carbocycles. The van der Waals surface area contributed by atoms with Crippen LogP contribution < -0.4 is 11.1 Å². The van der Waals surface area contributed by atoms with E-state index in [2.05, 4.69) is 5.32 Å². The molecule has 2 amide bonds. The Morgan fingerprint density at radius 3 is 2.24 bits per heavy atom. The number of nitrogens with zero attached hydrogens (tertiary/aromatic N) is 1. The van der Waals surface area contributed by atoms with E-state index in [4.69, 9.17) is 5.73 Å². The minimum absolute atomic E-state index is 0.0986. The average molecular weight is 283 g/mol. The maximum atomic E-state index is 12.4. The minimum Gasteiger partial charge on any atom is -0.330 e. The van der Waals surface area contributed by atoms with Crippen molar-refractivity contribution in [2.45, 2.75) is 13.0 Å². The molecular formula is C17H21N3O. The van der Waals surface area contributed by atoms with Gasteiger partial charge in [-0.25, -0.2) is 4.79 Å². The molecular weight excluding hydrogens is 262 g/mol. The van der Waals surface area contributed by atoms with Gasteiger partial charge in [-0.2, -0.15) is 0 Å². The summed E-state index contributed by atoms with van der Waals surface area (Å²) >= 11 is 0. The molecule has 2 rings (SSSR count). The zero-order valence-electron chi connectivity index (χ0n) is 12.0. The minimum atomic E-state index is -0.0986. The number of hydrogen-bond acceptors (Lipinski definition) is 2. The van der Waals surface area contributed by atoms with Crippen LogP contribution in [-0.4, -0.2) is 24.0 Å². The topological polar surface area (TPSA) is 58.4 Å². The van der Waals surface area contributed by atoms with E-state index in [1.54, 1.807) is 4.90 Å². The smallest absolute Gasteiger partial charge is 0.322 e. The van der Waals surface area contributed by atoms with Crippen molar-refractivity contribution < 1.29 is 4.79 Å². The fourth-order valence-corrected chi connectivity index (χ4v) is 2.06. The molecule has 2 aromatic carbocycles. The molecule has 0 unspecified atom stereocenters. The molecule has 0 aliphatic rings. The highest BCUT2D eigenvalue weighted by atomic mass is 16.2. The highest BCUT2D eigenvalue weighted by molar-refractivity contribution is 5.89. The van der Waals surface area contributed by atoms with Gasteiger partial charge in [0.2, 0.25) is 0 Å². The van der Waals surface area contributed by atoms with Crippen molar-refractivity contribution in [3.8, 4) is 0 Å². The molecule has 110 valence electrons. The number of para-hydroxylation sites is 1. The Kier molecular flexibility index (Phi) is 5.79. The van der Waals surface area contributed by atoms with Crippen LogP contribution in [0.2, 0.25) is 0 Å². The maximum absolute atomic E-state index is 12.4. The molecule has 0 spiro atoms. The predicted octanol–water partition coefficient (Wildman–Crippen LogP) is 3.07. The molecule has 0 heterocycles. The summed E-state index contributed by atoms with van der Waals surface area (Å²) in [5.74, 6) is 0. The largest absolute Gasteiger partial charge is 0.330 e. The number of hydrogen-bond donors (Lipinski definition) is 2. The summed E-state index contributed by atoms with van der Waals surface area (Å²) in [5.41, 5.74) is 7.47. The molecule has 4 heteroatoms. The number of benzene rings is 2. The third-order valence-corrected chi connectivity index (χ3v) is 3.16. The third kappa shape index (κ3) is 4.93. The standard InChI is InChI=1S/C17H21N3O/c18-12-7-13-20(14-15-8-3-1-4-9-15)17(21)19-16-10-5-2-6-11-16/h1-6,8-11H,7,12-14,18H2,(H,19,21). The maximum Gasteiger partial charge on any atom is 0.322 e. The predicted molar refractivity (Wildman–Crippen MR) is 86.0 cm³/mol. The van der Waals surface area contributed by atoms with Gasteiger partial charge in [-0.3, -0.25) is 0 Å². The van der Waals surface area contributed by atoms with Gasteiger partial charge in [0.15, 0.2) is 0 Å². The Morgan fingerprint density at radius 2 is 1.62 bits per heavy atom. The van der Waals surface area contributed by atoms with Crippen LogP contribution in [0.15, 0.2) is 60.7 Å². The van der Waals surface area contributed by atoms with Crippen LogP contribution in [0.1, 0.15) is 12.0 Å². The van der Waals surface area contributed by atoms with Crippen LogP contribution >= 0.6 is 0 Å². The van der Waals surface area contributed by atoms with Crippen molar-refractivity contribution in [3.63, 3.8) is 0 Å². The molecule has 0 bridgehead atoms. The van der Waals surface area contributed by atoms with E-state index in [0.717, 1.165) is 17.7 Å². The summed E-state index contributed by atoms with van der Waals surface area (Å²) in [5, 5.41) is 2.92. The first-order chi connectivity index (χ1) is 10.3. The molecule has 0 aromatic heterocycles. The summed E-state index contributed by atoms with van der Waals surface area (Å²) in [6.07, 6.45) is 0.787. The van der Waals surface area contributed by atoms with Crippen molar-refractivity contribution in [1.29, 1.82) is 0 Å². The van der Waals surface area contributed by atoms with E-state index in [0.29, 0.717) is 19.6 Å². The molecule has 3 N–H and O–H groups in total. The van der Waals surface area contributed by atoms with Crippen LogP contribution in [-0.2, 0) is 6.54 Å². The SMILES string of the molecule is NCCCN(Cc1ccccc1)C(=O)Nc1ccccc1. The van der Waals surface area contributed by atoms with Crippen LogP contribution in [0, 0.1) is 0 Å². The summed E-state index contributed by atoms with van der Waals surface area (Å²) in [4.78, 5) is 14.2. The second kappa shape index (κ2) is 8.07. The number of urea groups is 1. The molecule has 0 fully saturated rings. The Balaban J connectivity index is 2.02. The van der Waals surface area contributed by atoms with Gasteiger partial charge >= 0.3 is 6.03 Å². The number of rotatable bonds is 6. The Bertz CT molecular complexity index is 542. The number of amides is 2. The summed E-state index contributed by atoms with van der Waals surface area (Å²) in [6, 6.07) is 19.3. The molecule has 0 radical (unpaired) electrons. The van der Waals surface area contributed by atoms with Crippen LogP contribution in [0.3, 0.4) is 0 Å². The van der Waals surface area contributed by atoms with E-state index in [9.17, 15) is 4.79 Å². The van der Waals surface area contributed by atoms with Gasteiger partial charge < -0.3 is 16.0 Å². The van der Waals surface area contributed by atoms with Crippen molar-refractivity contribution >= 4 is 11.7 Å². The lowest BCUT2D eigenvalue weighted by Crippen LogP contribution is -2.36. The van der Waals surface area contributed by atoms with E-state index in [-0.39, 0.29) is 6.03 Å². The van der Waals surface area contributed by atoms with Crippen LogP contribution in [0.5, 0.6) is 0 Å². The molecule has 2 aromatic rings. The normalized spacial score (nSPS) is 10.1. The Morgan fingerprint density at radius 1 is 1.00 bits per heavy atom. The highest BCUT2D eigenvalue weighted by Crippen LogP contribution is 2.10. The lowest BCUT2D eigenvalue weighted by molar-refractivity contribution is 0.208. The highest BCUT2D eigenvalue weighted by Gasteiger charge is 2.13. The van der Waals surface area contributed by atoms with E-state index in [1.807, 2.05) is 60.7 Å². The lowest BCUT2D eigenvalue weighted by Gasteiger charge is -2.23.